The second kappa shape index (κ2) is 8.37. The maximum atomic E-state index is 12.3. The van der Waals surface area contributed by atoms with E-state index in [9.17, 15) is 4.79 Å². The number of nitrogens with one attached hydrogen (secondary N) is 2. The predicted octanol–water partition coefficient (Wildman–Crippen LogP) is 3.98. The minimum absolute atomic E-state index is 0.0458. The van der Waals surface area contributed by atoms with Crippen molar-refractivity contribution in [2.24, 2.45) is 5.92 Å². The fraction of sp³-hybridized carbons (Fsp3) is 0.625. The molecule has 116 valence electrons. The van der Waals surface area contributed by atoms with Crippen LogP contribution < -0.4 is 10.6 Å². The summed E-state index contributed by atoms with van der Waals surface area (Å²) in [6, 6.07) is 1.82. The Labute approximate surface area is 135 Å². The standard InChI is InChI=1S/C16H24BrN3O/c1-2-18-15-14(10-13(17)11-20-15)16(21)19-9-8-12-6-4-3-5-7-12/h10-12H,2-9H2,1H3,(H,18,20)(H,19,21). The van der Waals surface area contributed by atoms with Gasteiger partial charge in [-0.3, -0.25) is 4.79 Å². The molecular formula is C16H24BrN3O. The molecule has 0 aliphatic heterocycles. The molecule has 1 aromatic heterocycles. The molecule has 1 aromatic rings. The first kappa shape index (κ1) is 16.3. The van der Waals surface area contributed by atoms with Gasteiger partial charge in [0, 0.05) is 23.8 Å². The summed E-state index contributed by atoms with van der Waals surface area (Å²) in [5.41, 5.74) is 0.606. The third-order valence-electron chi connectivity index (χ3n) is 4.01. The number of halogens is 1. The van der Waals surface area contributed by atoms with Crippen molar-refractivity contribution in [2.75, 3.05) is 18.4 Å². The van der Waals surface area contributed by atoms with Crippen molar-refractivity contribution < 1.29 is 4.79 Å². The molecule has 0 atom stereocenters. The highest BCUT2D eigenvalue weighted by Gasteiger charge is 2.15. The summed E-state index contributed by atoms with van der Waals surface area (Å²) in [6.45, 7) is 3.49. The maximum absolute atomic E-state index is 12.3. The number of aromatic nitrogens is 1. The number of rotatable bonds is 6. The Morgan fingerprint density at radius 2 is 2.14 bits per heavy atom. The molecule has 1 amide bonds. The highest BCUT2D eigenvalue weighted by atomic mass is 79.9. The summed E-state index contributed by atoms with van der Waals surface area (Å²) in [5, 5.41) is 6.16. The quantitative estimate of drug-likeness (QED) is 0.813. The van der Waals surface area contributed by atoms with Gasteiger partial charge in [0.05, 0.1) is 5.56 Å². The van der Waals surface area contributed by atoms with Crippen molar-refractivity contribution in [1.29, 1.82) is 0 Å². The fourth-order valence-corrected chi connectivity index (χ4v) is 3.21. The average molecular weight is 354 g/mol. The minimum atomic E-state index is -0.0458. The molecule has 1 aliphatic carbocycles. The Hall–Kier alpha value is -1.10. The minimum Gasteiger partial charge on any atom is -0.370 e. The summed E-state index contributed by atoms with van der Waals surface area (Å²) >= 11 is 3.38. The molecule has 2 N–H and O–H groups in total. The lowest BCUT2D eigenvalue weighted by Crippen LogP contribution is -2.27. The van der Waals surface area contributed by atoms with Crippen molar-refractivity contribution >= 4 is 27.7 Å². The number of hydrogen-bond donors (Lipinski definition) is 2. The molecule has 2 rings (SSSR count). The van der Waals surface area contributed by atoms with Gasteiger partial charge in [0.2, 0.25) is 0 Å². The first-order valence-electron chi connectivity index (χ1n) is 7.88. The summed E-state index contributed by atoms with van der Waals surface area (Å²) in [7, 11) is 0. The zero-order valence-corrected chi connectivity index (χ0v) is 14.2. The van der Waals surface area contributed by atoms with Crippen LogP contribution in [-0.4, -0.2) is 24.0 Å². The number of carbonyl (C=O) groups is 1. The van der Waals surface area contributed by atoms with Gasteiger partial charge < -0.3 is 10.6 Å². The van der Waals surface area contributed by atoms with Crippen LogP contribution in [0, 0.1) is 5.92 Å². The molecule has 0 spiro atoms. The van der Waals surface area contributed by atoms with Gasteiger partial charge in [0.1, 0.15) is 5.82 Å². The first-order chi connectivity index (χ1) is 10.2. The van der Waals surface area contributed by atoms with Crippen LogP contribution in [0.1, 0.15) is 55.8 Å². The normalized spacial score (nSPS) is 15.7. The van der Waals surface area contributed by atoms with E-state index in [2.05, 4.69) is 31.5 Å². The van der Waals surface area contributed by atoms with Gasteiger partial charge in [-0.05, 0) is 41.3 Å². The topological polar surface area (TPSA) is 54.0 Å². The van der Waals surface area contributed by atoms with Crippen molar-refractivity contribution in [3.8, 4) is 0 Å². The van der Waals surface area contributed by atoms with E-state index >= 15 is 0 Å². The number of carbonyl (C=O) groups excluding carboxylic acids is 1. The van der Waals surface area contributed by atoms with Crippen LogP contribution >= 0.6 is 15.9 Å². The van der Waals surface area contributed by atoms with Crippen LogP contribution in [0.3, 0.4) is 0 Å². The van der Waals surface area contributed by atoms with Crippen LogP contribution in [-0.2, 0) is 0 Å². The second-order valence-corrected chi connectivity index (χ2v) is 6.54. The van der Waals surface area contributed by atoms with Crippen molar-refractivity contribution in [2.45, 2.75) is 45.4 Å². The van der Waals surface area contributed by atoms with Gasteiger partial charge in [-0.1, -0.05) is 32.1 Å². The number of hydrogen-bond acceptors (Lipinski definition) is 3. The van der Waals surface area contributed by atoms with Crippen LogP contribution in [0.25, 0.3) is 0 Å². The molecule has 1 heterocycles. The van der Waals surface area contributed by atoms with Gasteiger partial charge in [-0.15, -0.1) is 0 Å². The monoisotopic (exact) mass is 353 g/mol. The van der Waals surface area contributed by atoms with Gasteiger partial charge in [0.25, 0.3) is 5.91 Å². The van der Waals surface area contributed by atoms with Gasteiger partial charge >= 0.3 is 0 Å². The molecule has 21 heavy (non-hydrogen) atoms. The number of pyridine rings is 1. The molecule has 0 saturated heterocycles. The van der Waals surface area contributed by atoms with Gasteiger partial charge in [-0.25, -0.2) is 4.98 Å². The molecule has 1 aliphatic rings. The summed E-state index contributed by atoms with van der Waals surface area (Å²) in [5.74, 6) is 1.39. The number of nitrogens with zero attached hydrogens (tertiary/aromatic N) is 1. The van der Waals surface area contributed by atoms with Gasteiger partial charge in [-0.2, -0.15) is 0 Å². The lowest BCUT2D eigenvalue weighted by atomic mass is 9.87. The molecule has 0 unspecified atom stereocenters. The number of amides is 1. The Kier molecular flexibility index (Phi) is 6.49. The fourth-order valence-electron chi connectivity index (χ4n) is 2.88. The van der Waals surface area contributed by atoms with E-state index in [1.807, 2.05) is 13.0 Å². The smallest absolute Gasteiger partial charge is 0.255 e. The lowest BCUT2D eigenvalue weighted by Gasteiger charge is -2.21. The van der Waals surface area contributed by atoms with E-state index in [0.29, 0.717) is 11.4 Å². The third kappa shape index (κ3) is 4.99. The molecule has 1 saturated carbocycles. The molecule has 1 fully saturated rings. The Morgan fingerprint density at radius 1 is 1.38 bits per heavy atom. The highest BCUT2D eigenvalue weighted by Crippen LogP contribution is 2.25. The first-order valence-corrected chi connectivity index (χ1v) is 8.67. The van der Waals surface area contributed by atoms with Crippen LogP contribution in [0.15, 0.2) is 16.7 Å². The van der Waals surface area contributed by atoms with Gasteiger partial charge in [0.15, 0.2) is 0 Å². The van der Waals surface area contributed by atoms with Crippen LogP contribution in [0.4, 0.5) is 5.82 Å². The molecule has 5 heteroatoms. The molecule has 0 radical (unpaired) electrons. The lowest BCUT2D eigenvalue weighted by molar-refractivity contribution is 0.0951. The van der Waals surface area contributed by atoms with E-state index < -0.39 is 0 Å². The number of anilines is 1. The summed E-state index contributed by atoms with van der Waals surface area (Å²) < 4.78 is 0.821. The molecule has 0 aromatic carbocycles. The van der Waals surface area contributed by atoms with Crippen LogP contribution in [0.2, 0.25) is 0 Å². The Morgan fingerprint density at radius 3 is 2.86 bits per heavy atom. The Bertz CT molecular complexity index is 473. The predicted molar refractivity (Wildman–Crippen MR) is 89.6 cm³/mol. The highest BCUT2D eigenvalue weighted by molar-refractivity contribution is 9.10. The average Bonchev–Trinajstić information content (AvgIpc) is 2.50. The van der Waals surface area contributed by atoms with E-state index in [0.717, 1.165) is 29.9 Å². The zero-order chi connectivity index (χ0) is 15.1. The Balaban J connectivity index is 1.88. The van der Waals surface area contributed by atoms with E-state index in [1.165, 1.54) is 32.1 Å². The van der Waals surface area contributed by atoms with Crippen molar-refractivity contribution in [3.05, 3.63) is 22.3 Å². The third-order valence-corrected chi connectivity index (χ3v) is 4.44. The largest absolute Gasteiger partial charge is 0.370 e. The maximum Gasteiger partial charge on any atom is 0.255 e. The SMILES string of the molecule is CCNc1ncc(Br)cc1C(=O)NCCC1CCCCC1. The van der Waals surface area contributed by atoms with Crippen LogP contribution in [0.5, 0.6) is 0 Å². The van der Waals surface area contributed by atoms with Crippen molar-refractivity contribution in [1.82, 2.24) is 10.3 Å². The van der Waals surface area contributed by atoms with Crippen molar-refractivity contribution in [3.63, 3.8) is 0 Å². The van der Waals surface area contributed by atoms with E-state index in [1.54, 1.807) is 6.20 Å². The summed E-state index contributed by atoms with van der Waals surface area (Å²) in [4.78, 5) is 16.6. The summed E-state index contributed by atoms with van der Waals surface area (Å²) in [6.07, 6.45) is 9.49. The zero-order valence-electron chi connectivity index (χ0n) is 12.6. The molecule has 0 bridgehead atoms. The molecule has 4 nitrogen and oxygen atoms in total. The second-order valence-electron chi connectivity index (χ2n) is 5.63. The van der Waals surface area contributed by atoms with E-state index in [-0.39, 0.29) is 5.91 Å². The van der Waals surface area contributed by atoms with E-state index in [4.69, 9.17) is 0 Å². The molecular weight excluding hydrogens is 330 g/mol.